The van der Waals surface area contributed by atoms with E-state index in [4.69, 9.17) is 21.1 Å². The zero-order valence-electron chi connectivity index (χ0n) is 23.1. The van der Waals surface area contributed by atoms with Gasteiger partial charge in [0.15, 0.2) is 0 Å². The first-order valence-electron chi connectivity index (χ1n) is 13.4. The number of nitrogens with one attached hydrogen (secondary N) is 1. The third-order valence-electron chi connectivity index (χ3n) is 6.99. The summed E-state index contributed by atoms with van der Waals surface area (Å²) in [7, 11) is -2.28. The maximum Gasteiger partial charge on any atom is 0.341 e. The third-order valence-corrected chi connectivity index (χ3v) is 8.84. The van der Waals surface area contributed by atoms with Crippen LogP contribution in [0.2, 0.25) is 5.02 Å². The molecule has 0 saturated carbocycles. The third kappa shape index (κ3) is 5.98. The molecule has 0 unspecified atom stereocenters. The Balaban J connectivity index is 1.64. The van der Waals surface area contributed by atoms with Gasteiger partial charge in [-0.1, -0.05) is 60.1 Å². The van der Waals surface area contributed by atoms with E-state index in [0.29, 0.717) is 33.4 Å². The number of hydrogen-bond donors (Lipinski definition) is 1. The molecular weight excluding hydrogens is 562 g/mol. The standard InChI is InChI=1S/C31H32ClN3O5S/c1-4-39-31(36)28-29(22-11-7-5-8-12-22)35(24-13-9-6-10-14-24)21(2)30(28)41(37,38)33-23-15-16-26(32)27(19-23)40-25-17-18-34(3)20-25/h5-16,19,25,33H,4,17-18,20H2,1-3H3/t25-/m1/s1. The van der Waals surface area contributed by atoms with Gasteiger partial charge in [-0.2, -0.15) is 0 Å². The number of carbonyl (C=O) groups is 1. The summed E-state index contributed by atoms with van der Waals surface area (Å²) in [6.45, 7) is 5.12. The molecule has 4 aromatic rings. The quantitative estimate of drug-likeness (QED) is 0.234. The van der Waals surface area contributed by atoms with E-state index in [2.05, 4.69) is 9.62 Å². The molecule has 1 aliphatic heterocycles. The number of likely N-dealkylation sites (tertiary alicyclic amines) is 1. The van der Waals surface area contributed by atoms with Crippen LogP contribution in [0.25, 0.3) is 16.9 Å². The predicted octanol–water partition coefficient (Wildman–Crippen LogP) is 6.17. The first-order chi connectivity index (χ1) is 19.7. The van der Waals surface area contributed by atoms with Crippen molar-refractivity contribution in [1.29, 1.82) is 0 Å². The average Bonchev–Trinajstić information content (AvgIpc) is 3.51. The molecule has 0 bridgehead atoms. The van der Waals surface area contributed by atoms with Crippen molar-refractivity contribution < 1.29 is 22.7 Å². The van der Waals surface area contributed by atoms with Gasteiger partial charge >= 0.3 is 5.97 Å². The summed E-state index contributed by atoms with van der Waals surface area (Å²) in [5, 5.41) is 0.382. The summed E-state index contributed by atoms with van der Waals surface area (Å²) < 4.78 is 44.3. The van der Waals surface area contributed by atoms with Crippen molar-refractivity contribution in [1.82, 2.24) is 9.47 Å². The van der Waals surface area contributed by atoms with Gasteiger partial charge < -0.3 is 18.9 Å². The number of likely N-dealkylation sites (N-methyl/N-ethyl adjacent to an activating group) is 1. The van der Waals surface area contributed by atoms with Crippen molar-refractivity contribution in [3.05, 3.63) is 95.1 Å². The number of nitrogens with zero attached hydrogens (tertiary/aromatic N) is 2. The number of hydrogen-bond acceptors (Lipinski definition) is 6. The average molecular weight is 594 g/mol. The second kappa shape index (κ2) is 12.0. The molecule has 8 nitrogen and oxygen atoms in total. The fourth-order valence-corrected chi connectivity index (χ4v) is 6.82. The van der Waals surface area contributed by atoms with Gasteiger partial charge in [0.05, 0.1) is 23.0 Å². The summed E-state index contributed by atoms with van der Waals surface area (Å²) in [5.74, 6) is -0.337. The largest absolute Gasteiger partial charge is 0.487 e. The Hall–Kier alpha value is -3.79. The van der Waals surface area contributed by atoms with Gasteiger partial charge in [0, 0.05) is 30.5 Å². The highest BCUT2D eigenvalue weighted by atomic mass is 35.5. The molecule has 1 aliphatic rings. The lowest BCUT2D eigenvalue weighted by atomic mass is 10.1. The fraction of sp³-hybridized carbons (Fsp3) is 0.258. The molecule has 1 atom stereocenters. The summed E-state index contributed by atoms with van der Waals surface area (Å²) in [5.41, 5.74) is 2.40. The maximum absolute atomic E-state index is 14.2. The zero-order valence-corrected chi connectivity index (χ0v) is 24.7. The van der Waals surface area contributed by atoms with Gasteiger partial charge in [0.25, 0.3) is 10.0 Å². The molecule has 2 heterocycles. The lowest BCUT2D eigenvalue weighted by molar-refractivity contribution is 0.0523. The van der Waals surface area contributed by atoms with Crippen LogP contribution in [-0.4, -0.2) is 56.7 Å². The van der Waals surface area contributed by atoms with Crippen LogP contribution < -0.4 is 9.46 Å². The molecule has 1 saturated heterocycles. The van der Waals surface area contributed by atoms with Gasteiger partial charge in [0.1, 0.15) is 22.3 Å². The summed E-state index contributed by atoms with van der Waals surface area (Å²) in [6, 6.07) is 23.3. The van der Waals surface area contributed by atoms with Crippen molar-refractivity contribution >= 4 is 33.3 Å². The van der Waals surface area contributed by atoms with E-state index >= 15 is 0 Å². The van der Waals surface area contributed by atoms with E-state index in [1.165, 1.54) is 0 Å². The van der Waals surface area contributed by atoms with E-state index < -0.39 is 16.0 Å². The van der Waals surface area contributed by atoms with Gasteiger partial charge in [-0.05, 0) is 57.1 Å². The SMILES string of the molecule is CCOC(=O)c1c(S(=O)(=O)Nc2ccc(Cl)c(O[C@@H]3CCN(C)C3)c2)c(C)n(-c2ccccc2)c1-c1ccccc1. The molecule has 1 fully saturated rings. The molecule has 5 rings (SSSR count). The summed E-state index contributed by atoms with van der Waals surface area (Å²) in [6.07, 6.45) is 0.801. The van der Waals surface area contributed by atoms with Crippen molar-refractivity contribution in [2.24, 2.45) is 0 Å². The summed E-state index contributed by atoms with van der Waals surface area (Å²) in [4.78, 5) is 15.5. The Kier molecular flexibility index (Phi) is 8.40. The topological polar surface area (TPSA) is 89.9 Å². The lowest BCUT2D eigenvalue weighted by Crippen LogP contribution is -2.21. The monoisotopic (exact) mass is 593 g/mol. The van der Waals surface area contributed by atoms with Crippen LogP contribution in [0, 0.1) is 6.92 Å². The van der Waals surface area contributed by atoms with Crippen LogP contribution in [-0.2, 0) is 14.8 Å². The lowest BCUT2D eigenvalue weighted by Gasteiger charge is -2.16. The van der Waals surface area contributed by atoms with Gasteiger partial charge in [-0.25, -0.2) is 13.2 Å². The number of sulfonamides is 1. The molecule has 0 spiro atoms. The van der Waals surface area contributed by atoms with Crippen LogP contribution >= 0.6 is 11.6 Å². The molecule has 214 valence electrons. The normalized spacial score (nSPS) is 15.6. The Morgan fingerprint density at radius 3 is 2.37 bits per heavy atom. The number of benzene rings is 3. The minimum absolute atomic E-state index is 0.0358. The van der Waals surface area contributed by atoms with Crippen molar-refractivity contribution in [3.63, 3.8) is 0 Å². The first kappa shape index (κ1) is 28.7. The molecule has 0 radical (unpaired) electrons. The van der Waals surface area contributed by atoms with E-state index in [0.717, 1.165) is 19.5 Å². The van der Waals surface area contributed by atoms with Crippen molar-refractivity contribution in [2.45, 2.75) is 31.3 Å². The van der Waals surface area contributed by atoms with E-state index in [1.54, 1.807) is 36.6 Å². The van der Waals surface area contributed by atoms with Crippen LogP contribution in [0.4, 0.5) is 5.69 Å². The zero-order chi connectivity index (χ0) is 29.1. The fourth-order valence-electron chi connectivity index (χ4n) is 5.19. The highest BCUT2D eigenvalue weighted by molar-refractivity contribution is 7.92. The van der Waals surface area contributed by atoms with Gasteiger partial charge in [-0.15, -0.1) is 0 Å². The molecule has 10 heteroatoms. The number of halogens is 1. The number of carbonyl (C=O) groups excluding carboxylic acids is 1. The molecule has 0 amide bonds. The Morgan fingerprint density at radius 1 is 1.05 bits per heavy atom. The molecule has 0 aliphatic carbocycles. The number of aromatic nitrogens is 1. The number of para-hydroxylation sites is 1. The Bertz CT molecular complexity index is 1660. The minimum atomic E-state index is -4.30. The first-order valence-corrected chi connectivity index (χ1v) is 15.3. The number of anilines is 1. The smallest absolute Gasteiger partial charge is 0.341 e. The number of ether oxygens (including phenoxy) is 2. The number of esters is 1. The minimum Gasteiger partial charge on any atom is -0.487 e. The van der Waals surface area contributed by atoms with Crippen LogP contribution in [0.15, 0.2) is 83.8 Å². The molecule has 3 aromatic carbocycles. The van der Waals surface area contributed by atoms with E-state index in [1.807, 2.05) is 67.7 Å². The van der Waals surface area contributed by atoms with Crippen LogP contribution in [0.5, 0.6) is 5.75 Å². The van der Waals surface area contributed by atoms with Crippen LogP contribution in [0.3, 0.4) is 0 Å². The van der Waals surface area contributed by atoms with Gasteiger partial charge in [0.2, 0.25) is 0 Å². The highest BCUT2D eigenvalue weighted by Crippen LogP contribution is 2.39. The second-order valence-electron chi connectivity index (χ2n) is 9.94. The Labute approximate surface area is 245 Å². The van der Waals surface area contributed by atoms with Gasteiger partial charge in [-0.3, -0.25) is 4.72 Å². The molecular formula is C31H32ClN3O5S. The summed E-state index contributed by atoms with van der Waals surface area (Å²) >= 11 is 6.41. The molecule has 1 aromatic heterocycles. The molecule has 41 heavy (non-hydrogen) atoms. The second-order valence-corrected chi connectivity index (χ2v) is 12.0. The highest BCUT2D eigenvalue weighted by Gasteiger charge is 2.35. The van der Waals surface area contributed by atoms with Crippen LogP contribution in [0.1, 0.15) is 29.4 Å². The molecule has 1 N–H and O–H groups in total. The van der Waals surface area contributed by atoms with E-state index in [-0.39, 0.29) is 28.9 Å². The Morgan fingerprint density at radius 2 is 1.73 bits per heavy atom. The maximum atomic E-state index is 14.2. The van der Waals surface area contributed by atoms with Crippen molar-refractivity contribution in [3.8, 4) is 22.7 Å². The number of rotatable bonds is 9. The van der Waals surface area contributed by atoms with E-state index in [9.17, 15) is 13.2 Å². The predicted molar refractivity (Wildman–Crippen MR) is 161 cm³/mol. The van der Waals surface area contributed by atoms with Crippen molar-refractivity contribution in [2.75, 3.05) is 31.5 Å².